The van der Waals surface area contributed by atoms with E-state index in [1.54, 1.807) is 36.4 Å². The molecule has 0 aliphatic rings. The fraction of sp³-hybridized carbons (Fsp3) is 0.222. The highest BCUT2D eigenvalue weighted by Gasteiger charge is 2.08. The van der Waals surface area contributed by atoms with Crippen molar-refractivity contribution in [3.63, 3.8) is 0 Å². The maximum Gasteiger partial charge on any atom is 0.418 e. The van der Waals surface area contributed by atoms with Crippen molar-refractivity contribution in [2.75, 3.05) is 0 Å². The molecule has 0 aliphatic heterocycles. The first-order chi connectivity index (χ1) is 10.7. The molecule has 2 rings (SSSR count). The SMILES string of the molecule is CCCCc1ccc(OC(=O)NC(=N)c2cc[c]cc2)cc1. The predicted octanol–water partition coefficient (Wildman–Crippen LogP) is 3.94. The first-order valence-electron chi connectivity index (χ1n) is 7.32. The van der Waals surface area contributed by atoms with Gasteiger partial charge < -0.3 is 4.74 Å². The molecule has 0 aromatic heterocycles. The summed E-state index contributed by atoms with van der Waals surface area (Å²) in [4.78, 5) is 11.8. The second kappa shape index (κ2) is 7.98. The third-order valence-electron chi connectivity index (χ3n) is 3.19. The van der Waals surface area contributed by atoms with Crippen molar-refractivity contribution in [2.24, 2.45) is 0 Å². The van der Waals surface area contributed by atoms with Crippen molar-refractivity contribution >= 4 is 11.9 Å². The van der Waals surface area contributed by atoms with E-state index in [2.05, 4.69) is 18.3 Å². The van der Waals surface area contributed by atoms with Gasteiger partial charge in [-0.15, -0.1) is 0 Å². The summed E-state index contributed by atoms with van der Waals surface area (Å²) in [6.07, 6.45) is 2.66. The quantitative estimate of drug-likeness (QED) is 0.648. The standard InChI is InChI=1S/C18H19N2O2/c1-2-3-7-14-10-12-16(13-11-14)22-18(21)20-17(19)15-8-5-4-6-9-15/h5-6,8-13H,2-3,7H2,1H3,(H2,19,20,21). The van der Waals surface area contributed by atoms with Crippen LogP contribution in [0.4, 0.5) is 4.79 Å². The lowest BCUT2D eigenvalue weighted by atomic mass is 10.1. The van der Waals surface area contributed by atoms with Gasteiger partial charge >= 0.3 is 6.09 Å². The number of carbonyl (C=O) groups excluding carboxylic acids is 1. The number of benzene rings is 2. The number of hydrogen-bond donors (Lipinski definition) is 2. The Bertz CT molecular complexity index is 621. The van der Waals surface area contributed by atoms with Gasteiger partial charge in [0.15, 0.2) is 0 Å². The molecule has 4 heteroatoms. The highest BCUT2D eigenvalue weighted by Crippen LogP contribution is 2.14. The molecule has 0 bridgehead atoms. The molecule has 1 radical (unpaired) electrons. The van der Waals surface area contributed by atoms with Crippen LogP contribution >= 0.6 is 0 Å². The molecule has 4 nitrogen and oxygen atoms in total. The van der Waals surface area contributed by atoms with E-state index >= 15 is 0 Å². The van der Waals surface area contributed by atoms with Crippen LogP contribution in [0.2, 0.25) is 0 Å². The van der Waals surface area contributed by atoms with E-state index in [9.17, 15) is 4.79 Å². The van der Waals surface area contributed by atoms with Gasteiger partial charge in [0, 0.05) is 5.56 Å². The Morgan fingerprint density at radius 1 is 1.18 bits per heavy atom. The third-order valence-corrected chi connectivity index (χ3v) is 3.19. The molecule has 0 spiro atoms. The van der Waals surface area contributed by atoms with E-state index in [1.807, 2.05) is 12.1 Å². The summed E-state index contributed by atoms with van der Waals surface area (Å²) in [6.45, 7) is 2.15. The van der Waals surface area contributed by atoms with Crippen LogP contribution in [0.3, 0.4) is 0 Å². The van der Waals surface area contributed by atoms with Gasteiger partial charge in [0.2, 0.25) is 0 Å². The van der Waals surface area contributed by atoms with Gasteiger partial charge in [0.1, 0.15) is 11.6 Å². The molecule has 113 valence electrons. The summed E-state index contributed by atoms with van der Waals surface area (Å²) in [7, 11) is 0. The van der Waals surface area contributed by atoms with E-state index < -0.39 is 6.09 Å². The van der Waals surface area contributed by atoms with Crippen molar-refractivity contribution in [3.8, 4) is 5.75 Å². The number of amides is 1. The van der Waals surface area contributed by atoms with Gasteiger partial charge in [0.05, 0.1) is 0 Å². The Hall–Kier alpha value is -2.62. The minimum absolute atomic E-state index is 0.00133. The number of nitrogens with one attached hydrogen (secondary N) is 2. The van der Waals surface area contributed by atoms with Crippen LogP contribution in [0.25, 0.3) is 0 Å². The smallest absolute Gasteiger partial charge is 0.410 e. The normalized spacial score (nSPS) is 10.0. The number of rotatable bonds is 5. The number of carbonyl (C=O) groups is 1. The zero-order valence-electron chi connectivity index (χ0n) is 12.6. The van der Waals surface area contributed by atoms with Gasteiger partial charge in [-0.2, -0.15) is 0 Å². The molecule has 2 N–H and O–H groups in total. The summed E-state index contributed by atoms with van der Waals surface area (Å²) < 4.78 is 5.17. The topological polar surface area (TPSA) is 62.2 Å². The third kappa shape index (κ3) is 4.74. The van der Waals surface area contributed by atoms with Crippen LogP contribution in [0.5, 0.6) is 5.75 Å². The molecule has 2 aromatic carbocycles. The zero-order valence-corrected chi connectivity index (χ0v) is 12.6. The van der Waals surface area contributed by atoms with E-state index in [1.165, 1.54) is 5.56 Å². The Kier molecular flexibility index (Phi) is 5.72. The average Bonchev–Trinajstić information content (AvgIpc) is 2.55. The summed E-state index contributed by atoms with van der Waals surface area (Å²) in [6, 6.07) is 17.1. The van der Waals surface area contributed by atoms with Crippen molar-refractivity contribution < 1.29 is 9.53 Å². The number of unbranched alkanes of at least 4 members (excludes halogenated alkanes) is 1. The first-order valence-corrected chi connectivity index (χ1v) is 7.32. The lowest BCUT2D eigenvalue weighted by Crippen LogP contribution is -2.32. The maximum atomic E-state index is 11.8. The lowest BCUT2D eigenvalue weighted by Gasteiger charge is -2.08. The van der Waals surface area contributed by atoms with Crippen LogP contribution in [0, 0.1) is 11.5 Å². The lowest BCUT2D eigenvalue weighted by molar-refractivity contribution is 0.206. The number of aryl methyl sites for hydroxylation is 1. The molecule has 22 heavy (non-hydrogen) atoms. The second-order valence-corrected chi connectivity index (χ2v) is 4.93. The van der Waals surface area contributed by atoms with E-state index in [-0.39, 0.29) is 5.84 Å². The fourth-order valence-corrected chi connectivity index (χ4v) is 1.97. The van der Waals surface area contributed by atoms with Crippen LogP contribution in [-0.2, 0) is 6.42 Å². The molecule has 0 atom stereocenters. The van der Waals surface area contributed by atoms with Gasteiger partial charge in [-0.25, -0.2) is 4.79 Å². The number of ether oxygens (including phenoxy) is 1. The van der Waals surface area contributed by atoms with E-state index in [4.69, 9.17) is 10.1 Å². The monoisotopic (exact) mass is 295 g/mol. The van der Waals surface area contributed by atoms with Gasteiger partial charge in [-0.1, -0.05) is 49.7 Å². The summed E-state index contributed by atoms with van der Waals surface area (Å²) in [5, 5.41) is 10.2. The fourth-order valence-electron chi connectivity index (χ4n) is 1.97. The van der Waals surface area contributed by atoms with Crippen LogP contribution in [0.1, 0.15) is 30.9 Å². The zero-order chi connectivity index (χ0) is 15.8. The van der Waals surface area contributed by atoms with Crippen molar-refractivity contribution in [1.29, 1.82) is 5.41 Å². The summed E-state index contributed by atoms with van der Waals surface area (Å²) in [5.74, 6) is 0.463. The summed E-state index contributed by atoms with van der Waals surface area (Å²) >= 11 is 0. The first kappa shape index (κ1) is 15.8. The highest BCUT2D eigenvalue weighted by atomic mass is 16.6. The molecule has 1 amide bonds. The molecule has 0 saturated carbocycles. The maximum absolute atomic E-state index is 11.8. The molecule has 0 saturated heterocycles. The molecule has 0 aliphatic carbocycles. The molecular weight excluding hydrogens is 276 g/mol. The second-order valence-electron chi connectivity index (χ2n) is 4.93. The highest BCUT2D eigenvalue weighted by molar-refractivity contribution is 6.04. The Morgan fingerprint density at radius 3 is 2.50 bits per heavy atom. The minimum Gasteiger partial charge on any atom is -0.410 e. The van der Waals surface area contributed by atoms with Crippen LogP contribution in [0.15, 0.2) is 48.5 Å². The van der Waals surface area contributed by atoms with E-state index in [0.29, 0.717) is 11.3 Å². The number of hydrogen-bond acceptors (Lipinski definition) is 3. The van der Waals surface area contributed by atoms with Gasteiger partial charge in [-0.3, -0.25) is 10.7 Å². The Labute approximate surface area is 130 Å². The molecule has 0 heterocycles. The van der Waals surface area contributed by atoms with Crippen LogP contribution in [-0.4, -0.2) is 11.9 Å². The average molecular weight is 295 g/mol. The molecule has 0 unspecified atom stereocenters. The van der Waals surface area contributed by atoms with Crippen LogP contribution < -0.4 is 10.1 Å². The van der Waals surface area contributed by atoms with Crippen molar-refractivity contribution in [3.05, 3.63) is 65.7 Å². The van der Waals surface area contributed by atoms with Crippen molar-refractivity contribution in [2.45, 2.75) is 26.2 Å². The molecule has 0 fully saturated rings. The Balaban J connectivity index is 1.88. The van der Waals surface area contributed by atoms with Gasteiger partial charge in [0.25, 0.3) is 0 Å². The van der Waals surface area contributed by atoms with Crippen molar-refractivity contribution in [1.82, 2.24) is 5.32 Å². The Morgan fingerprint density at radius 2 is 1.86 bits per heavy atom. The minimum atomic E-state index is -0.667. The van der Waals surface area contributed by atoms with E-state index in [0.717, 1.165) is 19.3 Å². The van der Waals surface area contributed by atoms with Gasteiger partial charge in [-0.05, 0) is 36.6 Å². The largest absolute Gasteiger partial charge is 0.418 e. The predicted molar refractivity (Wildman–Crippen MR) is 86.3 cm³/mol. The summed E-state index contributed by atoms with van der Waals surface area (Å²) in [5.41, 5.74) is 1.83. The molecule has 2 aromatic rings. The number of amidine groups is 1. The molecular formula is C18H19N2O2.